The Bertz CT molecular complexity index is 3490. The highest BCUT2D eigenvalue weighted by Gasteiger charge is 2.29. The highest BCUT2D eigenvalue weighted by Crippen LogP contribution is 2.30. The third kappa shape index (κ3) is 8.16. The average Bonchev–Trinajstić information content (AvgIpc) is 4.27. The zero-order valence-corrected chi connectivity index (χ0v) is 36.9. The summed E-state index contributed by atoms with van der Waals surface area (Å²) in [7, 11) is 0. The van der Waals surface area contributed by atoms with Gasteiger partial charge in [-0.3, -0.25) is 9.59 Å². The summed E-state index contributed by atoms with van der Waals surface area (Å²) in [4.78, 5) is 45.2. The van der Waals surface area contributed by atoms with E-state index in [1.807, 2.05) is 121 Å². The van der Waals surface area contributed by atoms with Crippen molar-refractivity contribution in [3.63, 3.8) is 0 Å². The number of carbonyl (C=O) groups excluding carboxylic acids is 2. The van der Waals surface area contributed by atoms with Crippen LogP contribution in [0.4, 0.5) is 11.9 Å². The fourth-order valence-corrected chi connectivity index (χ4v) is 8.09. The number of nitrogens with two attached hydrogens (primary N) is 2. The summed E-state index contributed by atoms with van der Waals surface area (Å²) in [5.41, 5.74) is 17.8. The maximum Gasteiger partial charge on any atom is 0.249 e. The Kier molecular flexibility index (Phi) is 11.2. The summed E-state index contributed by atoms with van der Waals surface area (Å²) in [5.74, 6) is 1.58. The molecule has 0 aliphatic carbocycles. The maximum absolute atomic E-state index is 13.5. The Morgan fingerprint density at radius 3 is 1.24 bits per heavy atom. The van der Waals surface area contributed by atoms with Gasteiger partial charge < -0.3 is 30.9 Å². The predicted molar refractivity (Wildman–Crippen MR) is 258 cm³/mol. The first-order valence-electron chi connectivity index (χ1n) is 22.0. The highest BCUT2D eigenvalue weighted by atomic mass is 16.3. The fourth-order valence-electron chi connectivity index (χ4n) is 8.09. The quantitative estimate of drug-likeness (QED) is 0.103. The van der Waals surface area contributed by atoms with Gasteiger partial charge in [-0.1, -0.05) is 121 Å². The third-order valence-electron chi connectivity index (χ3n) is 11.4. The number of rotatable bonds is 12. The molecule has 4 aromatic carbocycles. The van der Waals surface area contributed by atoms with Crippen LogP contribution in [-0.2, 0) is 22.7 Å². The molecule has 12 aromatic rings. The van der Waals surface area contributed by atoms with E-state index in [0.717, 1.165) is 22.3 Å². The molecule has 2 atom stereocenters. The van der Waals surface area contributed by atoms with Crippen molar-refractivity contribution < 1.29 is 18.4 Å². The first-order chi connectivity index (χ1) is 34.4. The average molecular weight is 929 g/mol. The van der Waals surface area contributed by atoms with Crippen molar-refractivity contribution in [3.8, 4) is 23.2 Å². The van der Waals surface area contributed by atoms with Gasteiger partial charge in [0.15, 0.2) is 46.2 Å². The number of hydrogen-bond acceptors (Lipinski definition) is 14. The summed E-state index contributed by atoms with van der Waals surface area (Å²) >= 11 is 0. The topological polar surface area (TPSA) is 258 Å². The number of aromatic nitrogens is 12. The molecule has 8 aromatic heterocycles. The van der Waals surface area contributed by atoms with Crippen LogP contribution in [-0.4, -0.2) is 70.5 Å². The number of carbonyl (C=O) groups is 2. The number of anilines is 2. The van der Waals surface area contributed by atoms with E-state index < -0.39 is 12.1 Å². The standard InChI is InChI=1S/2C25H20N8O2/c2*26-25-30-23-18(22-29-21(31-33(22)25)19-12-7-13-35-19)15-28-32(23)20(17-10-5-2-6-11-17)24(34)27-14-16-8-3-1-4-9-16/h2*1-13,15,20H,14H2,(H2,26,30)(H,27,34)/t2*20-/m10/s1. The molecule has 0 fully saturated rings. The number of benzene rings is 4. The zero-order valence-electron chi connectivity index (χ0n) is 36.9. The van der Waals surface area contributed by atoms with Crippen LogP contribution in [0.2, 0.25) is 0 Å². The van der Waals surface area contributed by atoms with Gasteiger partial charge >= 0.3 is 0 Å². The minimum atomic E-state index is -0.765. The van der Waals surface area contributed by atoms with Gasteiger partial charge in [-0.05, 0) is 46.5 Å². The van der Waals surface area contributed by atoms with E-state index in [1.165, 1.54) is 9.03 Å². The minimum Gasteiger partial charge on any atom is -0.461 e. The van der Waals surface area contributed by atoms with Crippen molar-refractivity contribution in [2.45, 2.75) is 25.2 Å². The zero-order chi connectivity index (χ0) is 47.6. The van der Waals surface area contributed by atoms with E-state index in [2.05, 4.69) is 51.0 Å². The SMILES string of the molecule is Nc1nc2c(cnn2[C@@H](C(=O)NCc2ccccc2)c2ccccc2)c2nc(-c3ccco3)nn12.Nc1nc2c(cnn2[C@H](C(=O)NCc2ccccc2)c2ccccc2)c2nc(-c3ccco3)nn12. The molecule has 0 bridgehead atoms. The fraction of sp³-hybridized carbons (Fsp3) is 0.0800. The summed E-state index contributed by atoms with van der Waals surface area (Å²) in [6, 6.07) is 43.8. The van der Waals surface area contributed by atoms with E-state index in [9.17, 15) is 9.59 Å². The van der Waals surface area contributed by atoms with Crippen LogP contribution in [0, 0.1) is 0 Å². The normalized spacial score (nSPS) is 12.2. The molecule has 20 heteroatoms. The van der Waals surface area contributed by atoms with Crippen molar-refractivity contribution in [2.75, 3.05) is 11.5 Å². The van der Waals surface area contributed by atoms with Gasteiger partial charge in [0.25, 0.3) is 0 Å². The third-order valence-corrected chi connectivity index (χ3v) is 11.4. The van der Waals surface area contributed by atoms with Gasteiger partial charge in [-0.15, -0.1) is 10.2 Å². The lowest BCUT2D eigenvalue weighted by Gasteiger charge is -2.18. The molecule has 0 aliphatic heterocycles. The number of hydrogen-bond donors (Lipinski definition) is 4. The molecule has 2 amide bonds. The number of fused-ring (bicyclic) bond motifs is 6. The van der Waals surface area contributed by atoms with Crippen molar-refractivity contribution in [2.24, 2.45) is 0 Å². The van der Waals surface area contributed by atoms with Crippen LogP contribution in [0.5, 0.6) is 0 Å². The van der Waals surface area contributed by atoms with Crippen molar-refractivity contribution in [1.82, 2.24) is 69.4 Å². The van der Waals surface area contributed by atoms with E-state index in [0.29, 0.717) is 69.6 Å². The second kappa shape index (κ2) is 18.4. The molecule has 0 saturated heterocycles. The number of amides is 2. The Balaban J connectivity index is 0.000000152. The van der Waals surface area contributed by atoms with Crippen molar-refractivity contribution >= 4 is 57.1 Å². The molecule has 0 aliphatic rings. The monoisotopic (exact) mass is 928 g/mol. The molecule has 0 unspecified atom stereocenters. The molecule has 0 saturated carbocycles. The van der Waals surface area contributed by atoms with Gasteiger partial charge in [0.05, 0.1) is 35.7 Å². The lowest BCUT2D eigenvalue weighted by molar-refractivity contribution is -0.124. The van der Waals surface area contributed by atoms with E-state index in [4.69, 9.17) is 20.3 Å². The smallest absolute Gasteiger partial charge is 0.249 e. The van der Waals surface area contributed by atoms with Gasteiger partial charge in [0, 0.05) is 13.1 Å². The van der Waals surface area contributed by atoms with Crippen LogP contribution in [0.15, 0.2) is 179 Å². The second-order valence-corrected chi connectivity index (χ2v) is 15.9. The summed E-state index contributed by atoms with van der Waals surface area (Å²) in [6.45, 7) is 0.775. The molecule has 0 radical (unpaired) electrons. The Morgan fingerprint density at radius 2 is 0.871 bits per heavy atom. The molecule has 8 heterocycles. The Hall–Kier alpha value is -9.98. The van der Waals surface area contributed by atoms with Crippen LogP contribution >= 0.6 is 0 Å². The largest absolute Gasteiger partial charge is 0.461 e. The van der Waals surface area contributed by atoms with E-state index in [1.54, 1.807) is 58.5 Å². The molecular weight excluding hydrogens is 889 g/mol. The van der Waals surface area contributed by atoms with Crippen LogP contribution < -0.4 is 22.1 Å². The van der Waals surface area contributed by atoms with Crippen LogP contribution in [0.1, 0.15) is 34.3 Å². The van der Waals surface area contributed by atoms with Gasteiger partial charge in [-0.2, -0.15) is 29.2 Å². The minimum absolute atomic E-state index is 0.121. The lowest BCUT2D eigenvalue weighted by atomic mass is 10.1. The molecule has 0 spiro atoms. The highest BCUT2D eigenvalue weighted by molar-refractivity contribution is 5.94. The molecule has 6 N–H and O–H groups in total. The molecule has 20 nitrogen and oxygen atoms in total. The predicted octanol–water partition coefficient (Wildman–Crippen LogP) is 6.44. The number of nitrogens with zero attached hydrogens (tertiary/aromatic N) is 12. The van der Waals surface area contributed by atoms with Crippen molar-refractivity contribution in [3.05, 3.63) is 193 Å². The molecule has 70 heavy (non-hydrogen) atoms. The van der Waals surface area contributed by atoms with Gasteiger partial charge in [-0.25, -0.2) is 19.3 Å². The molecule has 344 valence electrons. The number of nitrogens with one attached hydrogen (secondary N) is 2. The Labute approximate surface area is 396 Å². The first kappa shape index (κ1) is 42.6. The number of nitrogen functional groups attached to an aromatic ring is 2. The summed E-state index contributed by atoms with van der Waals surface area (Å²) < 4.78 is 16.9. The van der Waals surface area contributed by atoms with Gasteiger partial charge in [0.2, 0.25) is 35.4 Å². The lowest BCUT2D eigenvalue weighted by Crippen LogP contribution is -2.33. The molecule has 12 rings (SSSR count). The summed E-state index contributed by atoms with van der Waals surface area (Å²) in [6.07, 6.45) is 6.35. The maximum atomic E-state index is 13.5. The first-order valence-corrected chi connectivity index (χ1v) is 22.0. The van der Waals surface area contributed by atoms with Crippen molar-refractivity contribution in [1.29, 1.82) is 0 Å². The second-order valence-electron chi connectivity index (χ2n) is 15.9. The Morgan fingerprint density at radius 1 is 0.486 bits per heavy atom. The summed E-state index contributed by atoms with van der Waals surface area (Å²) in [5, 5.41) is 25.2. The van der Waals surface area contributed by atoms with Crippen LogP contribution in [0.25, 0.3) is 56.5 Å². The van der Waals surface area contributed by atoms with E-state index >= 15 is 0 Å². The van der Waals surface area contributed by atoms with Crippen LogP contribution in [0.3, 0.4) is 0 Å². The van der Waals surface area contributed by atoms with Gasteiger partial charge in [0.1, 0.15) is 0 Å². The van der Waals surface area contributed by atoms with E-state index in [-0.39, 0.29) is 23.7 Å². The number of furan rings is 2. The molecular formula is C50H40N16O4.